The van der Waals surface area contributed by atoms with Gasteiger partial charge in [-0.05, 0) is 19.1 Å². The van der Waals surface area contributed by atoms with Crippen LogP contribution >= 0.6 is 0 Å². The SMILES string of the molecule is CC(c1nc(-c2cccc(C(F)(F)F)c2)no1)N1CCN(C(=O)N2CCOCC2)CC1. The standard InChI is InChI=1S/C20H24F3N5O3/c1-14(26-5-7-27(8-6-26)19(29)28-9-11-30-12-10-28)18-24-17(25-31-18)15-3-2-4-16(13-15)20(21,22)23/h2-4,13-14H,5-12H2,1H3. The first-order chi connectivity index (χ1) is 14.8. The van der Waals surface area contributed by atoms with Crippen molar-refractivity contribution in [3.63, 3.8) is 0 Å². The first-order valence-corrected chi connectivity index (χ1v) is 10.2. The van der Waals surface area contributed by atoms with Crippen molar-refractivity contribution in [1.29, 1.82) is 0 Å². The minimum absolute atomic E-state index is 0.0280. The van der Waals surface area contributed by atoms with Crippen LogP contribution in [-0.2, 0) is 10.9 Å². The highest BCUT2D eigenvalue weighted by Gasteiger charge is 2.32. The molecule has 1 aromatic carbocycles. The van der Waals surface area contributed by atoms with Gasteiger partial charge in [-0.1, -0.05) is 17.3 Å². The third-order valence-electron chi connectivity index (χ3n) is 5.66. The van der Waals surface area contributed by atoms with Gasteiger partial charge in [0.15, 0.2) is 0 Å². The van der Waals surface area contributed by atoms with E-state index in [-0.39, 0.29) is 23.5 Å². The molecule has 2 aliphatic rings. The highest BCUT2D eigenvalue weighted by atomic mass is 19.4. The van der Waals surface area contributed by atoms with Crippen LogP contribution in [0.1, 0.15) is 24.4 Å². The normalized spacial score (nSPS) is 19.5. The molecule has 168 valence electrons. The molecule has 11 heteroatoms. The van der Waals surface area contributed by atoms with Crippen molar-refractivity contribution >= 4 is 6.03 Å². The van der Waals surface area contributed by atoms with Gasteiger partial charge in [0.05, 0.1) is 24.8 Å². The summed E-state index contributed by atoms with van der Waals surface area (Å²) in [5.41, 5.74) is -0.511. The number of carbonyl (C=O) groups excluding carboxylic acids is 1. The number of rotatable bonds is 3. The number of carbonyl (C=O) groups is 1. The number of alkyl halides is 3. The van der Waals surface area contributed by atoms with E-state index in [1.54, 1.807) is 0 Å². The van der Waals surface area contributed by atoms with Crippen molar-refractivity contribution in [3.8, 4) is 11.4 Å². The maximum absolute atomic E-state index is 13.0. The third-order valence-corrected chi connectivity index (χ3v) is 5.66. The molecule has 0 radical (unpaired) electrons. The topological polar surface area (TPSA) is 74.9 Å². The molecule has 0 N–H and O–H groups in total. The molecule has 1 aromatic heterocycles. The summed E-state index contributed by atoms with van der Waals surface area (Å²) in [4.78, 5) is 22.7. The van der Waals surface area contributed by atoms with E-state index >= 15 is 0 Å². The molecule has 2 saturated heterocycles. The largest absolute Gasteiger partial charge is 0.416 e. The predicted octanol–water partition coefficient (Wildman–Crippen LogP) is 2.89. The Hall–Kier alpha value is -2.66. The van der Waals surface area contributed by atoms with E-state index in [0.29, 0.717) is 58.4 Å². The number of piperazine rings is 1. The monoisotopic (exact) mass is 439 g/mol. The van der Waals surface area contributed by atoms with E-state index in [1.165, 1.54) is 12.1 Å². The second kappa shape index (κ2) is 8.83. The van der Waals surface area contributed by atoms with Gasteiger partial charge in [0.2, 0.25) is 11.7 Å². The molecule has 2 aliphatic heterocycles. The Kier molecular flexibility index (Phi) is 6.15. The molecular weight excluding hydrogens is 415 g/mol. The van der Waals surface area contributed by atoms with Crippen LogP contribution < -0.4 is 0 Å². The molecule has 1 unspecified atom stereocenters. The minimum Gasteiger partial charge on any atom is -0.378 e. The Bertz CT molecular complexity index is 905. The van der Waals surface area contributed by atoms with E-state index < -0.39 is 11.7 Å². The Morgan fingerprint density at radius 1 is 1.06 bits per heavy atom. The second-order valence-electron chi connectivity index (χ2n) is 7.62. The minimum atomic E-state index is -4.44. The first kappa shape index (κ1) is 21.6. The number of hydrogen-bond acceptors (Lipinski definition) is 6. The highest BCUT2D eigenvalue weighted by Crippen LogP contribution is 2.32. The Morgan fingerprint density at radius 2 is 1.74 bits per heavy atom. The number of aromatic nitrogens is 2. The predicted molar refractivity (Wildman–Crippen MR) is 104 cm³/mol. The number of hydrogen-bond donors (Lipinski definition) is 0. The average molecular weight is 439 g/mol. The molecular formula is C20H24F3N5O3. The van der Waals surface area contributed by atoms with Gasteiger partial charge in [0.25, 0.3) is 0 Å². The molecule has 2 fully saturated rings. The molecule has 2 amide bonds. The molecule has 8 nitrogen and oxygen atoms in total. The van der Waals surface area contributed by atoms with Crippen molar-refractivity contribution in [2.24, 2.45) is 0 Å². The van der Waals surface area contributed by atoms with E-state index in [0.717, 1.165) is 12.1 Å². The Morgan fingerprint density at radius 3 is 2.42 bits per heavy atom. The van der Waals surface area contributed by atoms with Gasteiger partial charge >= 0.3 is 12.2 Å². The number of benzene rings is 1. The second-order valence-corrected chi connectivity index (χ2v) is 7.62. The van der Waals surface area contributed by atoms with Crippen LogP contribution in [0, 0.1) is 0 Å². The van der Waals surface area contributed by atoms with Crippen molar-refractivity contribution < 1.29 is 27.2 Å². The van der Waals surface area contributed by atoms with Crippen LogP contribution in [0.2, 0.25) is 0 Å². The van der Waals surface area contributed by atoms with Crippen LogP contribution in [0.15, 0.2) is 28.8 Å². The summed E-state index contributed by atoms with van der Waals surface area (Å²) in [6.45, 7) is 6.68. The van der Waals surface area contributed by atoms with Gasteiger partial charge in [0, 0.05) is 44.8 Å². The highest BCUT2D eigenvalue weighted by molar-refractivity contribution is 5.74. The van der Waals surface area contributed by atoms with Gasteiger partial charge in [0.1, 0.15) is 0 Å². The van der Waals surface area contributed by atoms with Crippen molar-refractivity contribution in [1.82, 2.24) is 24.8 Å². The van der Waals surface area contributed by atoms with Gasteiger partial charge in [-0.3, -0.25) is 4.90 Å². The lowest BCUT2D eigenvalue weighted by atomic mass is 10.1. The number of nitrogens with zero attached hydrogens (tertiary/aromatic N) is 5. The first-order valence-electron chi connectivity index (χ1n) is 10.2. The molecule has 2 aromatic rings. The molecule has 31 heavy (non-hydrogen) atoms. The fourth-order valence-electron chi connectivity index (χ4n) is 3.77. The lowest BCUT2D eigenvalue weighted by Crippen LogP contribution is -2.55. The summed E-state index contributed by atoms with van der Waals surface area (Å²) in [5.74, 6) is 0.453. The summed E-state index contributed by atoms with van der Waals surface area (Å²) in [7, 11) is 0. The third kappa shape index (κ3) is 4.82. The lowest BCUT2D eigenvalue weighted by Gasteiger charge is -2.39. The van der Waals surface area contributed by atoms with Crippen molar-refractivity contribution in [3.05, 3.63) is 35.7 Å². The Labute approximate surface area is 177 Å². The fraction of sp³-hybridized carbons (Fsp3) is 0.550. The van der Waals surface area contributed by atoms with E-state index in [4.69, 9.17) is 9.26 Å². The fourth-order valence-corrected chi connectivity index (χ4v) is 3.77. The van der Waals surface area contributed by atoms with Crippen LogP contribution in [0.4, 0.5) is 18.0 Å². The quantitative estimate of drug-likeness (QED) is 0.732. The van der Waals surface area contributed by atoms with Crippen LogP contribution in [0.5, 0.6) is 0 Å². The Balaban J connectivity index is 1.37. The smallest absolute Gasteiger partial charge is 0.378 e. The van der Waals surface area contributed by atoms with Gasteiger partial charge in [-0.2, -0.15) is 18.2 Å². The summed E-state index contributed by atoms with van der Waals surface area (Å²) < 4.78 is 49.5. The summed E-state index contributed by atoms with van der Waals surface area (Å²) in [6, 6.07) is 4.67. The zero-order valence-corrected chi connectivity index (χ0v) is 17.1. The average Bonchev–Trinajstić information content (AvgIpc) is 3.29. The van der Waals surface area contributed by atoms with Gasteiger partial charge in [-0.25, -0.2) is 4.79 Å². The maximum Gasteiger partial charge on any atom is 0.416 e. The van der Waals surface area contributed by atoms with E-state index in [9.17, 15) is 18.0 Å². The van der Waals surface area contributed by atoms with Crippen molar-refractivity contribution in [2.75, 3.05) is 52.5 Å². The molecule has 0 spiro atoms. The van der Waals surface area contributed by atoms with E-state index in [1.807, 2.05) is 16.7 Å². The number of urea groups is 1. The maximum atomic E-state index is 13.0. The number of halogens is 3. The lowest BCUT2D eigenvalue weighted by molar-refractivity contribution is -0.137. The van der Waals surface area contributed by atoms with Crippen LogP contribution in [0.25, 0.3) is 11.4 Å². The molecule has 4 rings (SSSR count). The molecule has 0 saturated carbocycles. The van der Waals surface area contributed by atoms with E-state index in [2.05, 4.69) is 15.0 Å². The molecule has 0 bridgehead atoms. The number of ether oxygens (including phenoxy) is 1. The van der Waals surface area contributed by atoms with Crippen molar-refractivity contribution in [2.45, 2.75) is 19.1 Å². The summed E-state index contributed by atoms with van der Waals surface area (Å²) >= 11 is 0. The molecule has 0 aliphatic carbocycles. The molecule has 1 atom stereocenters. The summed E-state index contributed by atoms with van der Waals surface area (Å²) in [6.07, 6.45) is -4.44. The number of morpholine rings is 1. The molecule has 3 heterocycles. The number of amides is 2. The van der Waals surface area contributed by atoms with Crippen LogP contribution in [0.3, 0.4) is 0 Å². The van der Waals surface area contributed by atoms with Gasteiger partial charge < -0.3 is 19.1 Å². The van der Waals surface area contributed by atoms with Crippen LogP contribution in [-0.4, -0.2) is 83.4 Å². The summed E-state index contributed by atoms with van der Waals surface area (Å²) in [5, 5.41) is 3.87. The zero-order valence-electron chi connectivity index (χ0n) is 17.1. The zero-order chi connectivity index (χ0) is 22.0. The van der Waals surface area contributed by atoms with Gasteiger partial charge in [-0.15, -0.1) is 0 Å².